The lowest BCUT2D eigenvalue weighted by Crippen LogP contribution is -2.46. The topological polar surface area (TPSA) is 186 Å². The van der Waals surface area contributed by atoms with Crippen LogP contribution in [0.4, 0.5) is 5.82 Å². The van der Waals surface area contributed by atoms with Gasteiger partial charge in [-0.05, 0) is 6.92 Å². The first kappa shape index (κ1) is 18.2. The number of carbonyl (C=O) groups excluding carboxylic acids is 1. The highest BCUT2D eigenvalue weighted by molar-refractivity contribution is 7.46. The molecule has 12 nitrogen and oxygen atoms in total. The van der Waals surface area contributed by atoms with E-state index in [0.717, 1.165) is 0 Å². The largest absolute Gasteiger partial charge is 0.469 e. The van der Waals surface area contributed by atoms with Crippen LogP contribution in [0.5, 0.6) is 0 Å². The van der Waals surface area contributed by atoms with E-state index in [-0.39, 0.29) is 12.4 Å². The molecule has 6 N–H and O–H groups in total. The average molecular weight is 360 g/mol. The van der Waals surface area contributed by atoms with Gasteiger partial charge in [0, 0.05) is 0 Å². The number of anilines is 1. The molecule has 0 bridgehead atoms. The van der Waals surface area contributed by atoms with E-state index < -0.39 is 32.5 Å². The quantitative estimate of drug-likeness (QED) is 0.359. The van der Waals surface area contributed by atoms with Crippen molar-refractivity contribution in [2.45, 2.75) is 25.6 Å². The van der Waals surface area contributed by atoms with Gasteiger partial charge in [-0.15, -0.1) is 0 Å². The first-order chi connectivity index (χ1) is 11.2. The molecule has 13 heteroatoms. The lowest BCUT2D eigenvalue weighted by atomic mass is 10.2. The minimum absolute atomic E-state index is 0.177. The summed E-state index contributed by atoms with van der Waals surface area (Å²) >= 11 is 0. The van der Waals surface area contributed by atoms with Gasteiger partial charge in [-0.3, -0.25) is 9.32 Å². The number of imidazole rings is 1. The molecule has 0 spiro atoms. The third-order valence-corrected chi connectivity index (χ3v) is 3.76. The van der Waals surface area contributed by atoms with E-state index in [0.29, 0.717) is 11.2 Å². The highest BCUT2D eigenvalue weighted by atomic mass is 31.2. The number of aliphatic hydroxyl groups is 1. The minimum atomic E-state index is -4.74. The first-order valence-electron chi connectivity index (χ1n) is 6.76. The number of carbonyl (C=O) groups is 1. The lowest BCUT2D eigenvalue weighted by Gasteiger charge is -2.23. The Balaban J connectivity index is 2.05. The number of nitrogen functional groups attached to an aromatic ring is 1. The van der Waals surface area contributed by atoms with Gasteiger partial charge in [0.25, 0.3) is 0 Å². The molecule has 0 radical (unpaired) electrons. The highest BCUT2D eigenvalue weighted by Gasteiger charge is 2.27. The molecule has 24 heavy (non-hydrogen) atoms. The zero-order valence-electron chi connectivity index (χ0n) is 12.6. The summed E-state index contributed by atoms with van der Waals surface area (Å²) < 4.78 is 16.7. The van der Waals surface area contributed by atoms with Gasteiger partial charge in [-0.1, -0.05) is 0 Å². The number of aromatic nitrogens is 4. The molecule has 0 unspecified atom stereocenters. The summed E-state index contributed by atoms with van der Waals surface area (Å²) in [6.07, 6.45) is 1.50. The predicted molar refractivity (Wildman–Crippen MR) is 81.3 cm³/mol. The molecule has 2 heterocycles. The molecule has 132 valence electrons. The Bertz CT molecular complexity index is 775. The van der Waals surface area contributed by atoms with Crippen molar-refractivity contribution in [2.75, 3.05) is 12.3 Å². The maximum absolute atomic E-state index is 12.1. The number of nitrogens with two attached hydrogens (primary N) is 1. The molecular weight excluding hydrogens is 343 g/mol. The van der Waals surface area contributed by atoms with Crippen molar-refractivity contribution < 1.29 is 28.8 Å². The molecule has 2 rings (SSSR count). The summed E-state index contributed by atoms with van der Waals surface area (Å²) in [5, 5.41) is 11.7. The number of nitrogens with zero attached hydrogens (tertiary/aromatic N) is 4. The van der Waals surface area contributed by atoms with Crippen LogP contribution in [0.25, 0.3) is 11.2 Å². The molecule has 2 aromatic heterocycles. The van der Waals surface area contributed by atoms with Gasteiger partial charge in [0.05, 0.1) is 25.1 Å². The van der Waals surface area contributed by atoms with Gasteiger partial charge in [0.1, 0.15) is 18.4 Å². The number of rotatable bonds is 7. The zero-order valence-corrected chi connectivity index (χ0v) is 13.5. The van der Waals surface area contributed by atoms with Gasteiger partial charge >= 0.3 is 7.82 Å². The van der Waals surface area contributed by atoms with E-state index in [2.05, 4.69) is 24.8 Å². The standard InChI is InChI=1S/C11H17N6O6P/c1-6(23-24(20,21)22)7(3-18)16-8(19)2-17-5-15-9-10(12)13-4-14-11(9)17/h4-7,18H,2-3H2,1H3,(H,16,19)(H2,12,13,14)(H2,20,21,22)/t6-,7-/m1/s1. The Labute approximate surface area is 135 Å². The van der Waals surface area contributed by atoms with Gasteiger partial charge in [0.15, 0.2) is 11.5 Å². The Morgan fingerprint density at radius 3 is 2.79 bits per heavy atom. The first-order valence-corrected chi connectivity index (χ1v) is 8.29. The van der Waals surface area contributed by atoms with Crippen LogP contribution in [0.15, 0.2) is 12.7 Å². The van der Waals surface area contributed by atoms with Gasteiger partial charge in [-0.25, -0.2) is 19.5 Å². The van der Waals surface area contributed by atoms with E-state index in [1.54, 1.807) is 0 Å². The fourth-order valence-electron chi connectivity index (χ4n) is 2.02. The smallest absolute Gasteiger partial charge is 0.394 e. The minimum Gasteiger partial charge on any atom is -0.394 e. The SMILES string of the molecule is C[C@@H](OP(=O)(O)O)[C@@H](CO)NC(=O)Cn1cnc2c(N)ncnc21. The van der Waals surface area contributed by atoms with Crippen LogP contribution >= 0.6 is 7.82 Å². The Kier molecular flexibility index (Phi) is 5.47. The summed E-state index contributed by atoms with van der Waals surface area (Å²) in [6, 6.07) is -1.00. The molecule has 0 saturated carbocycles. The summed E-state index contributed by atoms with van der Waals surface area (Å²) in [5.74, 6) is -0.359. The number of hydrogen-bond donors (Lipinski definition) is 5. The van der Waals surface area contributed by atoms with Crippen LogP contribution in [0.1, 0.15) is 6.92 Å². The molecular formula is C11H17N6O6P. The van der Waals surface area contributed by atoms with Crippen molar-refractivity contribution >= 4 is 30.7 Å². The van der Waals surface area contributed by atoms with Gasteiger partial charge < -0.3 is 30.5 Å². The maximum Gasteiger partial charge on any atom is 0.469 e. The molecule has 0 fully saturated rings. The van der Waals surface area contributed by atoms with Crippen LogP contribution in [0, 0.1) is 0 Å². The molecule has 1 amide bonds. The lowest BCUT2D eigenvalue weighted by molar-refractivity contribution is -0.123. The number of amides is 1. The third kappa shape index (κ3) is 4.46. The normalized spacial score (nSPS) is 14.5. The predicted octanol–water partition coefficient (Wildman–Crippen LogP) is -1.62. The second kappa shape index (κ2) is 7.20. The van der Waals surface area contributed by atoms with E-state index in [1.165, 1.54) is 24.1 Å². The van der Waals surface area contributed by atoms with Crippen molar-refractivity contribution in [3.05, 3.63) is 12.7 Å². The summed E-state index contributed by atoms with van der Waals surface area (Å²) in [5.41, 5.74) is 6.36. The molecule has 0 aliphatic rings. The van der Waals surface area contributed by atoms with Crippen molar-refractivity contribution in [1.82, 2.24) is 24.8 Å². The molecule has 0 aliphatic carbocycles. The van der Waals surface area contributed by atoms with Crippen LogP contribution < -0.4 is 11.1 Å². The number of hydrogen-bond acceptors (Lipinski definition) is 8. The fraction of sp³-hybridized carbons (Fsp3) is 0.455. The Hall–Kier alpha value is -2.11. The Morgan fingerprint density at radius 1 is 1.46 bits per heavy atom. The van der Waals surface area contributed by atoms with Crippen molar-refractivity contribution in [3.63, 3.8) is 0 Å². The van der Waals surface area contributed by atoms with Gasteiger partial charge in [-0.2, -0.15) is 0 Å². The molecule has 2 aromatic rings. The monoisotopic (exact) mass is 360 g/mol. The van der Waals surface area contributed by atoms with Crippen LogP contribution in [-0.4, -0.2) is 59.1 Å². The second-order valence-electron chi connectivity index (χ2n) is 4.96. The molecule has 2 atom stereocenters. The number of phosphoric ester groups is 1. The van der Waals surface area contributed by atoms with E-state index in [9.17, 15) is 14.5 Å². The van der Waals surface area contributed by atoms with Crippen LogP contribution in [-0.2, 0) is 20.4 Å². The van der Waals surface area contributed by atoms with Gasteiger partial charge in [0.2, 0.25) is 5.91 Å². The van der Waals surface area contributed by atoms with Crippen LogP contribution in [0.2, 0.25) is 0 Å². The fourth-order valence-corrected chi connectivity index (χ4v) is 2.60. The average Bonchev–Trinajstić information content (AvgIpc) is 2.87. The number of fused-ring (bicyclic) bond motifs is 1. The summed E-state index contributed by atoms with van der Waals surface area (Å²) in [7, 11) is -4.74. The van der Waals surface area contributed by atoms with Crippen LogP contribution in [0.3, 0.4) is 0 Å². The third-order valence-electron chi connectivity index (χ3n) is 3.16. The zero-order chi connectivity index (χ0) is 17.9. The number of phosphoric acid groups is 1. The molecule has 0 saturated heterocycles. The van der Waals surface area contributed by atoms with E-state index >= 15 is 0 Å². The maximum atomic E-state index is 12.1. The van der Waals surface area contributed by atoms with Crippen molar-refractivity contribution in [1.29, 1.82) is 0 Å². The van der Waals surface area contributed by atoms with E-state index in [1.807, 2.05) is 0 Å². The van der Waals surface area contributed by atoms with Crippen molar-refractivity contribution in [3.8, 4) is 0 Å². The summed E-state index contributed by atoms with van der Waals surface area (Å²) in [6.45, 7) is 0.569. The van der Waals surface area contributed by atoms with Crippen molar-refractivity contribution in [2.24, 2.45) is 0 Å². The second-order valence-corrected chi connectivity index (χ2v) is 6.15. The molecule has 0 aliphatic heterocycles. The van der Waals surface area contributed by atoms with E-state index in [4.69, 9.17) is 15.5 Å². The summed E-state index contributed by atoms with van der Waals surface area (Å²) in [4.78, 5) is 41.4. The highest BCUT2D eigenvalue weighted by Crippen LogP contribution is 2.38. The molecule has 0 aromatic carbocycles. The number of aliphatic hydroxyl groups excluding tert-OH is 1. The Morgan fingerprint density at radius 2 is 2.17 bits per heavy atom. The number of nitrogens with one attached hydrogen (secondary N) is 1.